The highest BCUT2D eigenvalue weighted by atomic mass is 35.5. The molecule has 1 amide bonds. The molecule has 0 aromatic heterocycles. The molecule has 1 atom stereocenters. The maximum absolute atomic E-state index is 12.1. The summed E-state index contributed by atoms with van der Waals surface area (Å²) in [5.74, 6) is 0.190. The molecule has 1 N–H and O–H groups in total. The van der Waals surface area contributed by atoms with Crippen LogP contribution >= 0.6 is 11.6 Å². The van der Waals surface area contributed by atoms with Gasteiger partial charge in [0.25, 0.3) is 0 Å². The monoisotopic (exact) mass is 305 g/mol. The third kappa shape index (κ3) is 4.45. The fourth-order valence-corrected chi connectivity index (χ4v) is 2.54. The Labute approximate surface area is 130 Å². The molecule has 4 nitrogen and oxygen atoms in total. The Hall–Kier alpha value is -1.57. The third-order valence-electron chi connectivity index (χ3n) is 3.80. The zero-order valence-electron chi connectivity index (χ0n) is 12.4. The van der Waals surface area contributed by atoms with Crippen molar-refractivity contribution in [2.45, 2.75) is 31.8 Å². The van der Waals surface area contributed by atoms with Crippen LogP contribution in [0.25, 0.3) is 0 Å². The number of nitriles is 1. The van der Waals surface area contributed by atoms with Crippen molar-refractivity contribution in [3.63, 3.8) is 0 Å². The first-order valence-electron chi connectivity index (χ1n) is 7.08. The van der Waals surface area contributed by atoms with Gasteiger partial charge in [-0.05, 0) is 50.4 Å². The van der Waals surface area contributed by atoms with E-state index in [-0.39, 0.29) is 12.5 Å². The van der Waals surface area contributed by atoms with E-state index in [0.29, 0.717) is 17.5 Å². The molecule has 1 aliphatic carbocycles. The van der Waals surface area contributed by atoms with Gasteiger partial charge in [0.1, 0.15) is 5.54 Å². The summed E-state index contributed by atoms with van der Waals surface area (Å²) in [5, 5.41) is 12.8. The molecule has 5 heteroatoms. The van der Waals surface area contributed by atoms with Gasteiger partial charge < -0.3 is 5.32 Å². The number of halogens is 1. The molecule has 2 rings (SSSR count). The highest BCUT2D eigenvalue weighted by Gasteiger charge is 2.42. The maximum atomic E-state index is 12.1. The van der Waals surface area contributed by atoms with E-state index in [0.717, 1.165) is 18.4 Å². The summed E-state index contributed by atoms with van der Waals surface area (Å²) in [6, 6.07) is 9.80. The first kappa shape index (κ1) is 15.8. The van der Waals surface area contributed by atoms with E-state index in [2.05, 4.69) is 11.4 Å². The van der Waals surface area contributed by atoms with Gasteiger partial charge in [-0.2, -0.15) is 5.26 Å². The van der Waals surface area contributed by atoms with Crippen LogP contribution in [0.5, 0.6) is 0 Å². The molecule has 1 saturated carbocycles. The van der Waals surface area contributed by atoms with Crippen LogP contribution in [0.1, 0.15) is 25.3 Å². The van der Waals surface area contributed by atoms with Crippen LogP contribution in [-0.4, -0.2) is 29.9 Å². The van der Waals surface area contributed by atoms with E-state index in [4.69, 9.17) is 11.6 Å². The number of hydrogen-bond acceptors (Lipinski definition) is 3. The lowest BCUT2D eigenvalue weighted by molar-refractivity contribution is -0.123. The van der Waals surface area contributed by atoms with Crippen molar-refractivity contribution >= 4 is 17.5 Å². The van der Waals surface area contributed by atoms with Crippen molar-refractivity contribution in [1.29, 1.82) is 5.26 Å². The summed E-state index contributed by atoms with van der Waals surface area (Å²) in [6.45, 7) is 2.74. The zero-order valence-corrected chi connectivity index (χ0v) is 13.2. The van der Waals surface area contributed by atoms with Gasteiger partial charge >= 0.3 is 0 Å². The van der Waals surface area contributed by atoms with Gasteiger partial charge in [0.05, 0.1) is 12.6 Å². The quantitative estimate of drug-likeness (QED) is 0.879. The molecule has 0 saturated heterocycles. The lowest BCUT2D eigenvalue weighted by Gasteiger charge is -2.25. The topological polar surface area (TPSA) is 56.1 Å². The van der Waals surface area contributed by atoms with Crippen LogP contribution < -0.4 is 5.32 Å². The average molecular weight is 306 g/mol. The average Bonchev–Trinajstić information content (AvgIpc) is 3.25. The Kier molecular flexibility index (Phi) is 4.87. The fourth-order valence-electron chi connectivity index (χ4n) is 2.41. The van der Waals surface area contributed by atoms with Crippen LogP contribution in [0.2, 0.25) is 5.02 Å². The van der Waals surface area contributed by atoms with Crippen molar-refractivity contribution < 1.29 is 4.79 Å². The van der Waals surface area contributed by atoms with E-state index in [1.54, 1.807) is 0 Å². The number of amides is 1. The Morgan fingerprint density at radius 3 is 2.62 bits per heavy atom. The minimum Gasteiger partial charge on any atom is -0.337 e. The number of carbonyl (C=O) groups excluding carboxylic acids is 1. The largest absolute Gasteiger partial charge is 0.337 e. The molecular weight excluding hydrogens is 286 g/mol. The predicted octanol–water partition coefficient (Wildman–Crippen LogP) is 2.58. The summed E-state index contributed by atoms with van der Waals surface area (Å²) in [7, 11) is 1.88. The highest BCUT2D eigenvalue weighted by Crippen LogP contribution is 2.39. The standard InChI is InChI=1S/C16H20ClN3O/c1-16(11-18,13-5-6-13)19-15(21)10-20(2)9-12-3-7-14(17)8-4-12/h3-4,7-8,13H,5-6,9-10H2,1-2H3,(H,19,21). The predicted molar refractivity (Wildman–Crippen MR) is 82.7 cm³/mol. The molecule has 112 valence electrons. The molecule has 1 aromatic rings. The highest BCUT2D eigenvalue weighted by molar-refractivity contribution is 6.30. The molecule has 0 radical (unpaired) electrons. The van der Waals surface area contributed by atoms with Crippen LogP contribution in [-0.2, 0) is 11.3 Å². The van der Waals surface area contributed by atoms with Gasteiger partial charge in [-0.15, -0.1) is 0 Å². The third-order valence-corrected chi connectivity index (χ3v) is 4.06. The Bertz CT molecular complexity index is 548. The van der Waals surface area contributed by atoms with Crippen LogP contribution in [0.3, 0.4) is 0 Å². The second-order valence-electron chi connectivity index (χ2n) is 5.94. The number of nitrogens with zero attached hydrogens (tertiary/aromatic N) is 2. The molecule has 0 spiro atoms. The van der Waals surface area contributed by atoms with Gasteiger partial charge in [0, 0.05) is 11.6 Å². The first-order valence-corrected chi connectivity index (χ1v) is 7.46. The number of carbonyl (C=O) groups is 1. The lowest BCUT2D eigenvalue weighted by Crippen LogP contribution is -2.49. The molecule has 0 aliphatic heterocycles. The van der Waals surface area contributed by atoms with E-state index in [9.17, 15) is 10.1 Å². The molecule has 0 heterocycles. The first-order chi connectivity index (χ1) is 9.93. The minimum atomic E-state index is -0.724. The smallest absolute Gasteiger partial charge is 0.235 e. The molecule has 21 heavy (non-hydrogen) atoms. The van der Waals surface area contributed by atoms with Crippen molar-refractivity contribution in [3.8, 4) is 6.07 Å². The van der Waals surface area contributed by atoms with Gasteiger partial charge in [-0.3, -0.25) is 9.69 Å². The molecule has 1 fully saturated rings. The minimum absolute atomic E-state index is 0.109. The number of likely N-dealkylation sites (N-methyl/N-ethyl adjacent to an activating group) is 1. The van der Waals surface area contributed by atoms with Crippen molar-refractivity contribution in [2.24, 2.45) is 5.92 Å². The second-order valence-corrected chi connectivity index (χ2v) is 6.37. The summed E-state index contributed by atoms with van der Waals surface area (Å²) < 4.78 is 0. The zero-order chi connectivity index (χ0) is 15.5. The van der Waals surface area contributed by atoms with Crippen molar-refractivity contribution in [2.75, 3.05) is 13.6 Å². The Morgan fingerprint density at radius 1 is 1.48 bits per heavy atom. The van der Waals surface area contributed by atoms with Gasteiger partial charge in [0.15, 0.2) is 0 Å². The molecule has 0 bridgehead atoms. The van der Waals surface area contributed by atoms with E-state index in [1.807, 2.05) is 43.1 Å². The molecule has 1 aliphatic rings. The van der Waals surface area contributed by atoms with E-state index >= 15 is 0 Å². The summed E-state index contributed by atoms with van der Waals surface area (Å²) in [5.41, 5.74) is 0.373. The van der Waals surface area contributed by atoms with Crippen LogP contribution in [0, 0.1) is 17.2 Å². The Balaban J connectivity index is 1.84. The SMILES string of the molecule is CN(CC(=O)NC(C)(C#N)C1CC1)Cc1ccc(Cl)cc1. The fraction of sp³-hybridized carbons (Fsp3) is 0.500. The van der Waals surface area contributed by atoms with Crippen LogP contribution in [0.15, 0.2) is 24.3 Å². The summed E-state index contributed by atoms with van der Waals surface area (Å²) in [4.78, 5) is 14.0. The van der Waals surface area contributed by atoms with Crippen molar-refractivity contribution in [1.82, 2.24) is 10.2 Å². The van der Waals surface area contributed by atoms with Crippen molar-refractivity contribution in [3.05, 3.63) is 34.9 Å². The molecule has 1 unspecified atom stereocenters. The summed E-state index contributed by atoms with van der Waals surface area (Å²) >= 11 is 5.85. The Morgan fingerprint density at radius 2 is 2.10 bits per heavy atom. The van der Waals surface area contributed by atoms with E-state index < -0.39 is 5.54 Å². The lowest BCUT2D eigenvalue weighted by atomic mass is 9.98. The summed E-state index contributed by atoms with van der Waals surface area (Å²) in [6.07, 6.45) is 2.04. The van der Waals surface area contributed by atoms with E-state index in [1.165, 1.54) is 0 Å². The van der Waals surface area contributed by atoms with Gasteiger partial charge in [-0.1, -0.05) is 23.7 Å². The molecular formula is C16H20ClN3O. The number of benzene rings is 1. The normalized spacial score (nSPS) is 17.1. The number of rotatable bonds is 6. The molecule has 1 aromatic carbocycles. The number of hydrogen-bond donors (Lipinski definition) is 1. The second kappa shape index (κ2) is 6.46. The van der Waals surface area contributed by atoms with Gasteiger partial charge in [-0.25, -0.2) is 0 Å². The van der Waals surface area contributed by atoms with Crippen LogP contribution in [0.4, 0.5) is 0 Å². The number of nitrogens with one attached hydrogen (secondary N) is 1. The van der Waals surface area contributed by atoms with Gasteiger partial charge in [0.2, 0.25) is 5.91 Å². The maximum Gasteiger partial charge on any atom is 0.235 e.